The predicted molar refractivity (Wildman–Crippen MR) is 99.5 cm³/mol. The first-order valence-electron chi connectivity index (χ1n) is 9.01. The molecule has 4 nitrogen and oxygen atoms in total. The number of nitrogens with zero attached hydrogens (tertiary/aromatic N) is 2. The van der Waals surface area contributed by atoms with E-state index in [9.17, 15) is 9.50 Å². The molecule has 1 saturated heterocycles. The molecule has 2 heterocycles. The Balaban J connectivity index is 1.59. The van der Waals surface area contributed by atoms with E-state index >= 15 is 0 Å². The molecule has 134 valence electrons. The molecule has 2 N–H and O–H groups in total. The number of benzene rings is 1. The summed E-state index contributed by atoms with van der Waals surface area (Å²) in [4.78, 5) is 6.79. The average Bonchev–Trinajstić information content (AvgIpc) is 2.63. The zero-order chi connectivity index (χ0) is 17.6. The van der Waals surface area contributed by atoms with Crippen LogP contribution in [-0.2, 0) is 6.42 Å². The van der Waals surface area contributed by atoms with Crippen LogP contribution in [0, 0.1) is 5.82 Å². The minimum atomic E-state index is -0.193. The van der Waals surface area contributed by atoms with Gasteiger partial charge >= 0.3 is 0 Å². The largest absolute Gasteiger partial charge is 0.393 e. The van der Waals surface area contributed by atoms with Crippen LogP contribution in [0.1, 0.15) is 31.7 Å². The van der Waals surface area contributed by atoms with Gasteiger partial charge in [-0.1, -0.05) is 12.1 Å². The number of hydrogen-bond acceptors (Lipinski definition) is 4. The van der Waals surface area contributed by atoms with Crippen LogP contribution < -0.4 is 10.2 Å². The minimum absolute atomic E-state index is 0.189. The van der Waals surface area contributed by atoms with E-state index in [0.717, 1.165) is 55.8 Å². The second kappa shape index (κ2) is 8.30. The molecule has 2 aromatic rings. The van der Waals surface area contributed by atoms with Crippen molar-refractivity contribution in [1.82, 2.24) is 4.98 Å². The highest BCUT2D eigenvalue weighted by Crippen LogP contribution is 2.27. The molecule has 3 rings (SSSR count). The maximum absolute atomic E-state index is 13.0. The second-order valence-electron chi connectivity index (χ2n) is 6.80. The van der Waals surface area contributed by atoms with E-state index in [1.165, 1.54) is 12.1 Å². The van der Waals surface area contributed by atoms with Gasteiger partial charge in [-0.2, -0.15) is 0 Å². The van der Waals surface area contributed by atoms with Gasteiger partial charge < -0.3 is 15.3 Å². The molecular formula is C20H26FN3O. The van der Waals surface area contributed by atoms with Gasteiger partial charge in [-0.15, -0.1) is 0 Å². The second-order valence-corrected chi connectivity index (χ2v) is 6.80. The number of piperidine rings is 1. The molecule has 1 fully saturated rings. The maximum atomic E-state index is 13.0. The Kier molecular flexibility index (Phi) is 5.87. The Morgan fingerprint density at radius 2 is 1.96 bits per heavy atom. The Morgan fingerprint density at radius 1 is 1.24 bits per heavy atom. The summed E-state index contributed by atoms with van der Waals surface area (Å²) in [5, 5.41) is 13.3. The van der Waals surface area contributed by atoms with Gasteiger partial charge in [0.15, 0.2) is 5.82 Å². The third-order valence-corrected chi connectivity index (χ3v) is 4.73. The van der Waals surface area contributed by atoms with E-state index in [0.29, 0.717) is 0 Å². The zero-order valence-corrected chi connectivity index (χ0v) is 14.7. The fourth-order valence-corrected chi connectivity index (χ4v) is 3.21. The standard InChI is InChI=1S/C20H26FN3O/c1-15(4-5-16-6-8-17(21)9-7-16)23-19-3-2-12-22-20(19)24-13-10-18(25)11-14-24/h2-3,6-9,12,15,18,23,25H,4-5,10-11,13-14H2,1H3. The fraction of sp³-hybridized carbons (Fsp3) is 0.450. The molecular weight excluding hydrogens is 317 g/mol. The van der Waals surface area contributed by atoms with Crippen molar-refractivity contribution in [2.75, 3.05) is 23.3 Å². The van der Waals surface area contributed by atoms with Crippen LogP contribution >= 0.6 is 0 Å². The number of aliphatic hydroxyl groups is 1. The Labute approximate surface area is 148 Å². The van der Waals surface area contributed by atoms with Crippen molar-refractivity contribution in [3.05, 3.63) is 54.0 Å². The number of aliphatic hydroxyl groups excluding tert-OH is 1. The summed E-state index contributed by atoms with van der Waals surface area (Å²) in [5.41, 5.74) is 2.18. The first kappa shape index (κ1) is 17.7. The Bertz CT molecular complexity index is 669. The molecule has 0 spiro atoms. The highest BCUT2D eigenvalue weighted by molar-refractivity contribution is 5.65. The SMILES string of the molecule is CC(CCc1ccc(F)cc1)Nc1cccnc1N1CCC(O)CC1. The molecule has 1 atom stereocenters. The lowest BCUT2D eigenvalue weighted by atomic mass is 10.1. The van der Waals surface area contributed by atoms with Crippen molar-refractivity contribution < 1.29 is 9.50 Å². The van der Waals surface area contributed by atoms with Gasteiger partial charge in [0, 0.05) is 25.3 Å². The van der Waals surface area contributed by atoms with Crippen LogP contribution in [0.15, 0.2) is 42.6 Å². The lowest BCUT2D eigenvalue weighted by molar-refractivity contribution is 0.145. The van der Waals surface area contributed by atoms with E-state index in [4.69, 9.17) is 0 Å². The van der Waals surface area contributed by atoms with E-state index < -0.39 is 0 Å². The summed E-state index contributed by atoms with van der Waals surface area (Å²) in [5.74, 6) is 0.768. The molecule has 1 aliphatic heterocycles. The molecule has 25 heavy (non-hydrogen) atoms. The van der Waals surface area contributed by atoms with Crippen LogP contribution in [0.4, 0.5) is 15.9 Å². The Hall–Kier alpha value is -2.14. The number of pyridine rings is 1. The quantitative estimate of drug-likeness (QED) is 0.841. The average molecular weight is 343 g/mol. The van der Waals surface area contributed by atoms with Crippen molar-refractivity contribution in [3.8, 4) is 0 Å². The van der Waals surface area contributed by atoms with E-state index in [-0.39, 0.29) is 18.0 Å². The summed E-state index contributed by atoms with van der Waals surface area (Å²) >= 11 is 0. The molecule has 0 saturated carbocycles. The number of halogens is 1. The fourth-order valence-electron chi connectivity index (χ4n) is 3.21. The van der Waals surface area contributed by atoms with Gasteiger partial charge in [-0.05, 0) is 62.4 Å². The number of hydrogen-bond donors (Lipinski definition) is 2. The monoisotopic (exact) mass is 343 g/mol. The molecule has 5 heteroatoms. The van der Waals surface area contributed by atoms with E-state index in [2.05, 4.69) is 28.2 Å². The zero-order valence-electron chi connectivity index (χ0n) is 14.7. The van der Waals surface area contributed by atoms with Crippen LogP contribution in [0.3, 0.4) is 0 Å². The van der Waals surface area contributed by atoms with E-state index in [1.807, 2.05) is 24.4 Å². The van der Waals surface area contributed by atoms with Crippen molar-refractivity contribution >= 4 is 11.5 Å². The highest BCUT2D eigenvalue weighted by Gasteiger charge is 2.20. The molecule has 0 bridgehead atoms. The summed E-state index contributed by atoms with van der Waals surface area (Å²) < 4.78 is 13.0. The Morgan fingerprint density at radius 3 is 2.68 bits per heavy atom. The van der Waals surface area contributed by atoms with Crippen molar-refractivity contribution in [1.29, 1.82) is 0 Å². The molecule has 0 aliphatic carbocycles. The van der Waals surface area contributed by atoms with E-state index in [1.54, 1.807) is 0 Å². The van der Waals surface area contributed by atoms with Gasteiger partial charge in [0.25, 0.3) is 0 Å². The third-order valence-electron chi connectivity index (χ3n) is 4.73. The van der Waals surface area contributed by atoms with Crippen LogP contribution in [0.5, 0.6) is 0 Å². The first-order valence-corrected chi connectivity index (χ1v) is 9.01. The minimum Gasteiger partial charge on any atom is -0.393 e. The molecule has 0 radical (unpaired) electrons. The van der Waals surface area contributed by atoms with Crippen molar-refractivity contribution in [3.63, 3.8) is 0 Å². The number of aryl methyl sites for hydroxylation is 1. The van der Waals surface area contributed by atoms with Crippen LogP contribution in [0.25, 0.3) is 0 Å². The van der Waals surface area contributed by atoms with Gasteiger partial charge in [-0.3, -0.25) is 0 Å². The predicted octanol–water partition coefficient (Wildman–Crippen LogP) is 3.62. The normalized spacial score (nSPS) is 16.7. The lowest BCUT2D eigenvalue weighted by Gasteiger charge is -2.32. The molecule has 1 aromatic heterocycles. The maximum Gasteiger partial charge on any atom is 0.151 e. The number of anilines is 2. The van der Waals surface area contributed by atoms with Crippen LogP contribution in [-0.4, -0.2) is 35.3 Å². The topological polar surface area (TPSA) is 48.4 Å². The third kappa shape index (κ3) is 4.92. The van der Waals surface area contributed by atoms with Crippen molar-refractivity contribution in [2.24, 2.45) is 0 Å². The number of rotatable bonds is 6. The summed E-state index contributed by atoms with van der Waals surface area (Å²) in [6.45, 7) is 3.81. The summed E-state index contributed by atoms with van der Waals surface area (Å²) in [6, 6.07) is 11.0. The van der Waals surface area contributed by atoms with Gasteiger partial charge in [0.05, 0.1) is 11.8 Å². The first-order chi connectivity index (χ1) is 12.1. The highest BCUT2D eigenvalue weighted by atomic mass is 19.1. The number of aromatic nitrogens is 1. The number of nitrogens with one attached hydrogen (secondary N) is 1. The summed E-state index contributed by atoms with van der Waals surface area (Å²) in [6.07, 6.45) is 5.06. The van der Waals surface area contributed by atoms with Gasteiger partial charge in [0.1, 0.15) is 5.82 Å². The molecule has 1 unspecified atom stereocenters. The summed E-state index contributed by atoms with van der Waals surface area (Å²) in [7, 11) is 0. The van der Waals surface area contributed by atoms with Gasteiger partial charge in [-0.25, -0.2) is 9.37 Å². The molecule has 1 aliphatic rings. The molecule has 0 amide bonds. The molecule has 1 aromatic carbocycles. The van der Waals surface area contributed by atoms with Crippen LogP contribution in [0.2, 0.25) is 0 Å². The lowest BCUT2D eigenvalue weighted by Crippen LogP contribution is -2.37. The smallest absolute Gasteiger partial charge is 0.151 e. The van der Waals surface area contributed by atoms with Crippen molar-refractivity contribution in [2.45, 2.75) is 44.8 Å². The van der Waals surface area contributed by atoms with Gasteiger partial charge in [0.2, 0.25) is 0 Å².